The summed E-state index contributed by atoms with van der Waals surface area (Å²) < 4.78 is 4.35. The molecule has 0 rings (SSSR count). The summed E-state index contributed by atoms with van der Waals surface area (Å²) in [6.07, 6.45) is 0. The molecule has 0 amide bonds. The average Bonchev–Trinajstić information content (AvgIpc) is 1.65. The summed E-state index contributed by atoms with van der Waals surface area (Å²) in [4.78, 5) is 0. The first-order chi connectivity index (χ1) is 2.81. The van der Waals surface area contributed by atoms with E-state index in [-0.39, 0.29) is 11.8 Å². The van der Waals surface area contributed by atoms with Crippen molar-refractivity contribution in [1.29, 1.82) is 5.41 Å². The third kappa shape index (κ3) is 2.03. The summed E-state index contributed by atoms with van der Waals surface area (Å²) in [5, 5.41) is 6.63. The van der Waals surface area contributed by atoms with Gasteiger partial charge in [-0.2, -0.15) is 0 Å². The summed E-state index contributed by atoms with van der Waals surface area (Å²) in [6, 6.07) is 0. The van der Waals surface area contributed by atoms with Crippen LogP contribution in [0.4, 0.5) is 0 Å². The van der Waals surface area contributed by atoms with E-state index in [1.807, 2.05) is 0 Å². The standard InChI is InChI=1S/C3H6ClNO/c1-6-3(5)2-4/h5H,2H2,1H3/i2+1,3+1,5+1. The van der Waals surface area contributed by atoms with Crippen LogP contribution >= 0.6 is 11.6 Å². The second-order valence-electron chi connectivity index (χ2n) is 0.761. The SMILES string of the molecule is CO[13C](=[15NH])[13CH2]Cl. The van der Waals surface area contributed by atoms with Crippen molar-refractivity contribution in [3.8, 4) is 0 Å². The molecule has 6 heavy (non-hydrogen) atoms. The van der Waals surface area contributed by atoms with Crippen LogP contribution in [0.5, 0.6) is 0 Å². The third-order valence-corrected chi connectivity index (χ3v) is 0.611. The van der Waals surface area contributed by atoms with Gasteiger partial charge in [0.05, 0.1) is 13.0 Å². The topological polar surface area (TPSA) is 33.1 Å². The molecule has 0 saturated carbocycles. The normalized spacial score (nSPS) is 7.67. The maximum Gasteiger partial charge on any atom is 0.195 e. The van der Waals surface area contributed by atoms with E-state index < -0.39 is 0 Å². The Kier molecular flexibility index (Phi) is 2.85. The van der Waals surface area contributed by atoms with Crippen LogP contribution in [-0.2, 0) is 4.74 Å². The van der Waals surface area contributed by atoms with Gasteiger partial charge in [-0.1, -0.05) is 0 Å². The van der Waals surface area contributed by atoms with Gasteiger partial charge in [0.1, 0.15) is 0 Å². The van der Waals surface area contributed by atoms with Crippen LogP contribution in [0.15, 0.2) is 0 Å². The first-order valence-corrected chi connectivity index (χ1v) is 2.02. The molecule has 0 aliphatic heterocycles. The number of ether oxygens (including phenoxy) is 1. The molecule has 0 spiro atoms. The van der Waals surface area contributed by atoms with E-state index in [0.717, 1.165) is 0 Å². The molecule has 0 atom stereocenters. The maximum atomic E-state index is 6.63. The monoisotopic (exact) mass is 110 g/mol. The lowest BCUT2D eigenvalue weighted by atomic mass is 11.6. The van der Waals surface area contributed by atoms with Gasteiger partial charge >= 0.3 is 0 Å². The molecule has 0 aromatic heterocycles. The van der Waals surface area contributed by atoms with E-state index in [1.165, 1.54) is 7.11 Å². The van der Waals surface area contributed by atoms with Crippen molar-refractivity contribution in [2.75, 3.05) is 13.0 Å². The van der Waals surface area contributed by atoms with Crippen molar-refractivity contribution in [2.24, 2.45) is 0 Å². The molecule has 1 N–H and O–H groups in total. The Hall–Kier alpha value is -0.240. The number of hydrogen-bond acceptors (Lipinski definition) is 2. The zero-order chi connectivity index (χ0) is 4.99. The Morgan fingerprint density at radius 2 is 2.50 bits per heavy atom. The van der Waals surface area contributed by atoms with E-state index >= 15 is 0 Å². The van der Waals surface area contributed by atoms with Crippen molar-refractivity contribution in [3.05, 3.63) is 0 Å². The second-order valence-corrected chi connectivity index (χ2v) is 1.03. The highest BCUT2D eigenvalue weighted by molar-refractivity contribution is 6.26. The molecule has 36 valence electrons. The van der Waals surface area contributed by atoms with E-state index in [0.29, 0.717) is 0 Å². The molecule has 0 heterocycles. The predicted molar refractivity (Wildman–Crippen MR) is 25.5 cm³/mol. The minimum Gasteiger partial charge on any atom is -0.484 e. The Morgan fingerprint density at radius 1 is 2.00 bits per heavy atom. The predicted octanol–water partition coefficient (Wildman–Crippen LogP) is 0.849. The summed E-state index contributed by atoms with van der Waals surface area (Å²) in [7, 11) is 1.42. The van der Waals surface area contributed by atoms with Crippen molar-refractivity contribution >= 4 is 17.5 Å². The third-order valence-electron chi connectivity index (χ3n) is 0.368. The molecule has 0 aliphatic carbocycles. The number of nitrogens with one attached hydrogen (secondary N) is 1. The van der Waals surface area contributed by atoms with Crippen LogP contribution in [0, 0.1) is 5.41 Å². The van der Waals surface area contributed by atoms with Crippen LogP contribution in [0.1, 0.15) is 0 Å². The molecule has 0 aliphatic rings. The quantitative estimate of drug-likeness (QED) is 0.175. The molecule has 0 fully saturated rings. The van der Waals surface area contributed by atoms with Gasteiger partial charge in [-0.3, -0.25) is 5.41 Å². The second kappa shape index (κ2) is 2.97. The molecule has 2 nitrogen and oxygen atoms in total. The van der Waals surface area contributed by atoms with E-state index in [9.17, 15) is 0 Å². The summed E-state index contributed by atoms with van der Waals surface area (Å²) in [5.41, 5.74) is 0. The van der Waals surface area contributed by atoms with Crippen LogP contribution in [0.25, 0.3) is 0 Å². The molecule has 0 aromatic carbocycles. The van der Waals surface area contributed by atoms with Gasteiger partial charge in [0.25, 0.3) is 0 Å². The van der Waals surface area contributed by atoms with Crippen molar-refractivity contribution in [1.82, 2.24) is 0 Å². The first-order valence-electron chi connectivity index (χ1n) is 1.48. The highest BCUT2D eigenvalue weighted by Gasteiger charge is 1.83. The largest absolute Gasteiger partial charge is 0.484 e. The van der Waals surface area contributed by atoms with Gasteiger partial charge in [0.2, 0.25) is 0 Å². The van der Waals surface area contributed by atoms with Crippen molar-refractivity contribution in [3.63, 3.8) is 0 Å². The average molecular weight is 111 g/mol. The zero-order valence-corrected chi connectivity index (χ0v) is 4.25. The lowest BCUT2D eigenvalue weighted by Crippen LogP contribution is -1.98. The number of hydrogen-bond donors (Lipinski definition) is 1. The fraction of sp³-hybridized carbons (Fsp3) is 0.667. The van der Waals surface area contributed by atoms with E-state index in [4.69, 9.17) is 17.0 Å². The van der Waals surface area contributed by atoms with Gasteiger partial charge < -0.3 is 4.74 Å². The highest BCUT2D eigenvalue weighted by atomic mass is 35.5. The molecule has 3 heteroatoms. The lowest BCUT2D eigenvalue weighted by molar-refractivity contribution is 0.397. The molecule has 0 unspecified atom stereocenters. The maximum absolute atomic E-state index is 6.63. The molecular weight excluding hydrogens is 104 g/mol. The van der Waals surface area contributed by atoms with Crippen molar-refractivity contribution < 1.29 is 4.74 Å². The summed E-state index contributed by atoms with van der Waals surface area (Å²) in [5.74, 6) is 0.271. The Labute approximate surface area is 41.6 Å². The Morgan fingerprint density at radius 3 is 2.50 bits per heavy atom. The fourth-order valence-electron chi connectivity index (χ4n) is 0.0546. The highest BCUT2D eigenvalue weighted by Crippen LogP contribution is 1.76. The van der Waals surface area contributed by atoms with Crippen LogP contribution in [0.2, 0.25) is 0 Å². The molecule has 0 radical (unpaired) electrons. The number of rotatable bonds is 1. The van der Waals surface area contributed by atoms with E-state index in [1.54, 1.807) is 0 Å². The zero-order valence-electron chi connectivity index (χ0n) is 3.49. The fourth-order valence-corrected chi connectivity index (χ4v) is 0.164. The molecule has 0 aromatic rings. The first kappa shape index (κ1) is 5.76. The molecule has 0 saturated heterocycles. The summed E-state index contributed by atoms with van der Waals surface area (Å²) in [6.45, 7) is 0. The van der Waals surface area contributed by atoms with Gasteiger partial charge in [-0.05, 0) is 0 Å². The number of methoxy groups -OCH3 is 1. The van der Waals surface area contributed by atoms with Gasteiger partial charge in [0, 0.05) is 0 Å². The minimum atomic E-state index is 0.108. The van der Waals surface area contributed by atoms with E-state index in [2.05, 4.69) is 4.74 Å². The van der Waals surface area contributed by atoms with Gasteiger partial charge in [0.15, 0.2) is 5.90 Å². The Balaban J connectivity index is 2.99. The van der Waals surface area contributed by atoms with Crippen LogP contribution in [-0.4, -0.2) is 18.9 Å². The molecule has 0 bridgehead atoms. The number of halogens is 1. The van der Waals surface area contributed by atoms with Gasteiger partial charge in [-0.15, -0.1) is 11.6 Å². The number of alkyl halides is 1. The van der Waals surface area contributed by atoms with Gasteiger partial charge in [-0.25, -0.2) is 0 Å². The minimum absolute atomic E-state index is 0.108. The summed E-state index contributed by atoms with van der Waals surface area (Å²) >= 11 is 5.10. The Bertz CT molecular complexity index is 48.8. The van der Waals surface area contributed by atoms with Crippen molar-refractivity contribution in [2.45, 2.75) is 0 Å². The van der Waals surface area contributed by atoms with Crippen LogP contribution in [0.3, 0.4) is 0 Å². The van der Waals surface area contributed by atoms with Crippen LogP contribution < -0.4 is 0 Å². The lowest BCUT2D eigenvalue weighted by Gasteiger charge is -1.90. The molecular formula is C3H6ClNO. The smallest absolute Gasteiger partial charge is 0.195 e.